The van der Waals surface area contributed by atoms with Gasteiger partial charge in [0.2, 0.25) is 33.7 Å². The maximum absolute atomic E-state index is 15.0. The maximum Gasteiger partial charge on any atom is 0.304 e. The number of ketones is 1. The van der Waals surface area contributed by atoms with Crippen molar-refractivity contribution in [2.24, 2.45) is 10.8 Å². The topological polar surface area (TPSA) is 256 Å². The zero-order chi connectivity index (χ0) is 63.8. The molecular formula is C64H82Cl2N10O12S. The van der Waals surface area contributed by atoms with Gasteiger partial charge in [-0.3, -0.25) is 33.3 Å². The van der Waals surface area contributed by atoms with Crippen molar-refractivity contribution in [3.05, 3.63) is 116 Å². The molecule has 89 heavy (non-hydrogen) atoms. The van der Waals surface area contributed by atoms with Crippen LogP contribution in [0, 0.1) is 17.8 Å². The summed E-state index contributed by atoms with van der Waals surface area (Å²) < 4.78 is 49.3. The number of nitrogens with zero attached hydrogens (tertiary/aromatic N) is 9. The molecule has 5 aromatic rings. The molecule has 22 nitrogen and oxygen atoms in total. The van der Waals surface area contributed by atoms with E-state index in [1.165, 1.54) is 11.2 Å². The number of carbonyl (C=O) groups excluding carboxylic acids is 4. The van der Waals surface area contributed by atoms with Crippen LogP contribution in [0.2, 0.25) is 10.0 Å². The summed E-state index contributed by atoms with van der Waals surface area (Å²) in [4.78, 5) is 101. The minimum absolute atomic E-state index is 0.00870. The van der Waals surface area contributed by atoms with Crippen molar-refractivity contribution in [2.75, 3.05) is 108 Å². The standard InChI is InChI=1S/C64H82Cl2N10O12S/c1-42-51-40-68-62(70-59(51)75(48-12-7-8-13-48)60(82)57(42)43(2)77)69-53-19-18-49(39-67-53)71-22-24-72(25-23-71)54(78)20-30-86-32-34-88-35-33-87-31-21-55(79)73-26-28-74(29-27-73)89(84,85)41-52(63(3,4)5)76-58(44-14-16-46(65)17-15-44)50(45-10-9-11-47(66)36-45)37-64(6,61(76)83)38-56(80)81/h9-11,14-19,36,39-40,48,50,52,58H,7-8,12-13,20-35,37-38,41H2,1-6H3,(H,80,81)(H,67,68,69,70)/t50-,52?,58-,64-/m1/s1. The molecule has 480 valence electrons. The number of sulfonamides is 1. The van der Waals surface area contributed by atoms with Gasteiger partial charge in [-0.15, -0.1) is 0 Å². The van der Waals surface area contributed by atoms with Crippen LogP contribution >= 0.6 is 23.2 Å². The molecule has 4 atom stereocenters. The molecule has 3 amide bonds. The van der Waals surface area contributed by atoms with Crippen LogP contribution in [0.5, 0.6) is 0 Å². The van der Waals surface area contributed by atoms with Gasteiger partial charge in [-0.05, 0) is 91.6 Å². The number of Topliss-reactive ketones (excluding diaryl/α,β-unsaturated/α-hetero) is 1. The second-order valence-electron chi connectivity index (χ2n) is 25.0. The van der Waals surface area contributed by atoms with E-state index in [1.54, 1.807) is 58.8 Å². The van der Waals surface area contributed by atoms with Crippen molar-refractivity contribution in [1.82, 2.24) is 38.5 Å². The highest BCUT2D eigenvalue weighted by Gasteiger charge is 2.55. The van der Waals surface area contributed by atoms with Crippen molar-refractivity contribution >= 4 is 91.2 Å². The lowest BCUT2D eigenvalue weighted by Crippen LogP contribution is -2.61. The normalized spacial score (nSPS) is 20.1. The molecule has 3 aromatic heterocycles. The minimum atomic E-state index is -4.06. The van der Waals surface area contributed by atoms with Crippen LogP contribution in [0.1, 0.15) is 131 Å². The maximum atomic E-state index is 15.0. The van der Waals surface area contributed by atoms with Crippen LogP contribution in [0.15, 0.2) is 77.9 Å². The molecule has 9 rings (SSSR count). The number of piperidine rings is 1. The highest BCUT2D eigenvalue weighted by molar-refractivity contribution is 7.89. The number of hydrogen-bond donors (Lipinski definition) is 2. The third kappa shape index (κ3) is 16.1. The second-order valence-corrected chi connectivity index (χ2v) is 27.9. The van der Waals surface area contributed by atoms with E-state index in [-0.39, 0.29) is 107 Å². The fourth-order valence-electron chi connectivity index (χ4n) is 13.0. The number of carbonyl (C=O) groups is 5. The Morgan fingerprint density at radius 1 is 0.775 bits per heavy atom. The number of likely N-dealkylation sites (tertiary alicyclic amines) is 1. The number of nitrogens with one attached hydrogen (secondary N) is 1. The van der Waals surface area contributed by atoms with Crippen LogP contribution < -0.4 is 15.8 Å². The largest absolute Gasteiger partial charge is 0.481 e. The molecule has 2 N–H and O–H groups in total. The van der Waals surface area contributed by atoms with Crippen molar-refractivity contribution in [3.8, 4) is 0 Å². The summed E-state index contributed by atoms with van der Waals surface area (Å²) >= 11 is 12.9. The Hall–Kier alpha value is -6.60. The third-order valence-electron chi connectivity index (χ3n) is 17.7. The first-order valence-corrected chi connectivity index (χ1v) is 33.0. The quantitative estimate of drug-likeness (QED) is 0.0410. The van der Waals surface area contributed by atoms with Gasteiger partial charge in [0.25, 0.3) is 5.56 Å². The van der Waals surface area contributed by atoms with Crippen LogP contribution in [0.4, 0.5) is 17.5 Å². The summed E-state index contributed by atoms with van der Waals surface area (Å²) in [7, 11) is -4.06. The molecule has 0 bridgehead atoms. The highest BCUT2D eigenvalue weighted by Crippen LogP contribution is 2.53. The number of carboxylic acid groups (broad SMARTS) is 1. The average Bonchev–Trinajstić information content (AvgIpc) is 0.850. The number of aromatic nitrogens is 4. The van der Waals surface area contributed by atoms with Gasteiger partial charge < -0.3 is 44.2 Å². The molecule has 0 spiro atoms. The van der Waals surface area contributed by atoms with Gasteiger partial charge >= 0.3 is 5.97 Å². The first-order chi connectivity index (χ1) is 42.4. The third-order valence-corrected chi connectivity index (χ3v) is 20.1. The summed E-state index contributed by atoms with van der Waals surface area (Å²) in [5.74, 6) is -2.08. The van der Waals surface area contributed by atoms with Gasteiger partial charge in [-0.1, -0.05) is 88.0 Å². The van der Waals surface area contributed by atoms with Crippen LogP contribution in [-0.4, -0.2) is 185 Å². The number of aliphatic carboxylic acids is 1. The number of benzene rings is 2. The van der Waals surface area contributed by atoms with Gasteiger partial charge in [0, 0.05) is 85.9 Å². The second kappa shape index (κ2) is 29.1. The molecule has 4 aliphatic rings. The molecule has 6 heterocycles. The van der Waals surface area contributed by atoms with E-state index in [4.69, 9.17) is 42.4 Å². The van der Waals surface area contributed by atoms with Crippen molar-refractivity contribution < 1.29 is 51.7 Å². The Morgan fingerprint density at radius 2 is 1.38 bits per heavy atom. The Kier molecular flexibility index (Phi) is 21.9. The number of piperazine rings is 2. The van der Waals surface area contributed by atoms with E-state index in [9.17, 15) is 37.5 Å². The first-order valence-electron chi connectivity index (χ1n) is 30.7. The van der Waals surface area contributed by atoms with Gasteiger partial charge in [-0.25, -0.2) is 18.4 Å². The number of halogens is 2. The Bertz CT molecular complexity index is 3530. The van der Waals surface area contributed by atoms with Gasteiger partial charge in [0.05, 0.1) is 99.6 Å². The molecule has 3 aliphatic heterocycles. The number of ether oxygens (including phenoxy) is 3. The van der Waals surface area contributed by atoms with Crippen LogP contribution in [-0.2, 0) is 43.4 Å². The SMILES string of the molecule is CC(=O)c1c(C)c2cnc(Nc3ccc(N4CCN(C(=O)CCOCCOCCOCCC(=O)N5CCN(S(=O)(=O)CC(N6C(=O)[C@@](C)(CC(=O)O)C[C@H](c7cccc(Cl)c7)[C@H]6c6ccc(Cl)cc6)C(C)(C)C)CC5)CC4)cn3)nc2n(C2CCCC2)c1=O. The highest BCUT2D eigenvalue weighted by atomic mass is 35.5. The fourth-order valence-corrected chi connectivity index (χ4v) is 15.3. The molecule has 3 saturated heterocycles. The number of anilines is 3. The predicted octanol–water partition coefficient (Wildman–Crippen LogP) is 8.47. The van der Waals surface area contributed by atoms with E-state index < -0.39 is 62.9 Å². The Balaban J connectivity index is 0.662. The van der Waals surface area contributed by atoms with E-state index in [2.05, 4.69) is 20.2 Å². The predicted molar refractivity (Wildman–Crippen MR) is 339 cm³/mol. The van der Waals surface area contributed by atoms with Gasteiger partial charge in [0.1, 0.15) is 11.5 Å². The Morgan fingerprint density at radius 3 is 1.94 bits per heavy atom. The zero-order valence-electron chi connectivity index (χ0n) is 51.6. The molecule has 4 fully saturated rings. The number of fused-ring (bicyclic) bond motifs is 1. The van der Waals surface area contributed by atoms with E-state index in [0.717, 1.165) is 42.5 Å². The summed E-state index contributed by atoms with van der Waals surface area (Å²) in [5, 5.41) is 14.9. The number of carboxylic acids is 1. The number of rotatable bonds is 25. The number of pyridine rings is 2. The lowest BCUT2D eigenvalue weighted by molar-refractivity contribution is -0.162. The first kappa shape index (κ1) is 66.8. The lowest BCUT2D eigenvalue weighted by Gasteiger charge is -2.54. The van der Waals surface area contributed by atoms with Crippen molar-refractivity contribution in [3.63, 3.8) is 0 Å². The summed E-state index contributed by atoms with van der Waals surface area (Å²) in [5.41, 5.74) is 1.20. The molecule has 1 unspecified atom stereocenters. The zero-order valence-corrected chi connectivity index (χ0v) is 54.0. The minimum Gasteiger partial charge on any atom is -0.481 e. The molecule has 0 radical (unpaired) electrons. The lowest BCUT2D eigenvalue weighted by atomic mass is 9.66. The number of amides is 3. The van der Waals surface area contributed by atoms with Crippen LogP contribution in [0.25, 0.3) is 11.0 Å². The average molecular weight is 1290 g/mol. The van der Waals surface area contributed by atoms with Gasteiger partial charge in [-0.2, -0.15) is 9.29 Å². The summed E-state index contributed by atoms with van der Waals surface area (Å²) in [6, 6.07) is 16.5. The Labute approximate surface area is 530 Å². The van der Waals surface area contributed by atoms with Gasteiger partial charge in [0.15, 0.2) is 5.78 Å². The van der Waals surface area contributed by atoms with Crippen LogP contribution in [0.3, 0.4) is 0 Å². The van der Waals surface area contributed by atoms with E-state index in [1.807, 2.05) is 68.1 Å². The molecular weight excluding hydrogens is 1200 g/mol. The van der Waals surface area contributed by atoms with Crippen molar-refractivity contribution in [1.29, 1.82) is 0 Å². The molecule has 2 aromatic carbocycles. The smallest absolute Gasteiger partial charge is 0.304 e. The van der Waals surface area contributed by atoms with Crippen molar-refractivity contribution in [2.45, 2.75) is 117 Å². The number of hydrogen-bond acceptors (Lipinski definition) is 16. The summed E-state index contributed by atoms with van der Waals surface area (Å²) in [6.45, 7) is 14.8. The van der Waals surface area contributed by atoms with E-state index >= 15 is 4.79 Å². The monoisotopic (exact) mass is 1280 g/mol. The number of aryl methyl sites for hydroxylation is 1. The summed E-state index contributed by atoms with van der Waals surface area (Å²) in [6.07, 6.45) is 7.21. The molecule has 1 aliphatic carbocycles. The van der Waals surface area contributed by atoms with E-state index in [0.29, 0.717) is 77.8 Å². The molecule has 25 heteroatoms. The fraction of sp³-hybridized carbons (Fsp3) is 0.547. The molecule has 1 saturated carbocycles.